The number of aliphatic hydroxyl groups excluding tert-OH is 1. The molecule has 2 aromatic carbocycles. The fraction of sp³-hybridized carbons (Fsp3) is 0.520. The summed E-state index contributed by atoms with van der Waals surface area (Å²) in [6.07, 6.45) is -0.530. The van der Waals surface area contributed by atoms with Gasteiger partial charge in [0.2, 0.25) is 0 Å². The van der Waals surface area contributed by atoms with Crippen molar-refractivity contribution in [3.63, 3.8) is 0 Å². The molecule has 2 aromatic rings. The van der Waals surface area contributed by atoms with E-state index < -0.39 is 6.10 Å². The number of likely N-dealkylation sites (N-methyl/N-ethyl adjacent to an activating group) is 1. The molecule has 0 saturated carbocycles. The largest absolute Gasteiger partial charge is 0.497 e. The second-order valence-electron chi connectivity index (χ2n) is 8.14. The first-order valence-corrected chi connectivity index (χ1v) is 11.4. The molecule has 0 bridgehead atoms. The molecular formula is C25H37N3O4. The van der Waals surface area contributed by atoms with Crippen LogP contribution in [0.4, 0.5) is 0 Å². The van der Waals surface area contributed by atoms with Gasteiger partial charge in [-0.2, -0.15) is 0 Å². The zero-order valence-corrected chi connectivity index (χ0v) is 19.5. The average molecular weight is 444 g/mol. The Morgan fingerprint density at radius 2 is 1.62 bits per heavy atom. The molecule has 0 aliphatic carbocycles. The maximum Gasteiger partial charge on any atom is 0.161 e. The van der Waals surface area contributed by atoms with E-state index in [1.165, 1.54) is 5.56 Å². The van der Waals surface area contributed by atoms with Crippen LogP contribution in [0.25, 0.3) is 0 Å². The van der Waals surface area contributed by atoms with Crippen LogP contribution in [0.3, 0.4) is 0 Å². The van der Waals surface area contributed by atoms with Crippen LogP contribution in [-0.2, 0) is 13.1 Å². The minimum absolute atomic E-state index is 0.248. The molecule has 7 heteroatoms. The lowest BCUT2D eigenvalue weighted by Gasteiger charge is -2.34. The van der Waals surface area contributed by atoms with Crippen LogP contribution in [0.2, 0.25) is 0 Å². The van der Waals surface area contributed by atoms with Crippen molar-refractivity contribution in [2.45, 2.75) is 26.1 Å². The summed E-state index contributed by atoms with van der Waals surface area (Å²) in [5.41, 5.74) is 2.27. The molecular weight excluding hydrogens is 406 g/mol. The van der Waals surface area contributed by atoms with Crippen molar-refractivity contribution in [1.29, 1.82) is 0 Å². The summed E-state index contributed by atoms with van der Waals surface area (Å²) in [6.45, 7) is 9.72. The van der Waals surface area contributed by atoms with Crippen molar-refractivity contribution in [1.82, 2.24) is 15.1 Å². The third-order valence-electron chi connectivity index (χ3n) is 5.83. The van der Waals surface area contributed by atoms with Crippen LogP contribution >= 0.6 is 0 Å². The van der Waals surface area contributed by atoms with Gasteiger partial charge in [-0.05, 0) is 41.9 Å². The molecule has 1 saturated heterocycles. The molecule has 0 amide bonds. The first-order chi connectivity index (χ1) is 15.6. The molecule has 0 spiro atoms. The average Bonchev–Trinajstić information content (AvgIpc) is 2.83. The fourth-order valence-electron chi connectivity index (χ4n) is 3.90. The Balaban J connectivity index is 1.45. The molecule has 1 fully saturated rings. The van der Waals surface area contributed by atoms with E-state index >= 15 is 0 Å². The summed E-state index contributed by atoms with van der Waals surface area (Å²) in [4.78, 5) is 4.73. The summed E-state index contributed by atoms with van der Waals surface area (Å²) in [5, 5.41) is 13.9. The summed E-state index contributed by atoms with van der Waals surface area (Å²) >= 11 is 0. The highest BCUT2D eigenvalue weighted by Gasteiger charge is 2.19. The van der Waals surface area contributed by atoms with Gasteiger partial charge in [0.25, 0.3) is 0 Å². The van der Waals surface area contributed by atoms with Crippen LogP contribution in [0.15, 0.2) is 42.5 Å². The number of ether oxygens (including phenoxy) is 3. The molecule has 1 aliphatic rings. The highest BCUT2D eigenvalue weighted by atomic mass is 16.5. The Hall–Kier alpha value is -2.32. The normalized spacial score (nSPS) is 16.0. The Labute approximate surface area is 191 Å². The monoisotopic (exact) mass is 443 g/mol. The van der Waals surface area contributed by atoms with Gasteiger partial charge in [-0.15, -0.1) is 0 Å². The predicted molar refractivity (Wildman–Crippen MR) is 127 cm³/mol. The van der Waals surface area contributed by atoms with E-state index in [-0.39, 0.29) is 6.61 Å². The second-order valence-corrected chi connectivity index (χ2v) is 8.14. The van der Waals surface area contributed by atoms with Gasteiger partial charge in [-0.3, -0.25) is 4.90 Å². The molecule has 32 heavy (non-hydrogen) atoms. The lowest BCUT2D eigenvalue weighted by atomic mass is 10.1. The highest BCUT2D eigenvalue weighted by molar-refractivity contribution is 5.43. The third kappa shape index (κ3) is 7.38. The zero-order chi connectivity index (χ0) is 22.8. The molecule has 1 heterocycles. The predicted octanol–water partition coefficient (Wildman–Crippen LogP) is 2.37. The molecule has 0 aromatic heterocycles. The van der Waals surface area contributed by atoms with Crippen molar-refractivity contribution in [3.8, 4) is 17.2 Å². The third-order valence-corrected chi connectivity index (χ3v) is 5.83. The Bertz CT molecular complexity index is 825. The van der Waals surface area contributed by atoms with E-state index in [1.54, 1.807) is 14.2 Å². The number of nitrogens with zero attached hydrogens (tertiary/aromatic N) is 2. The lowest BCUT2D eigenvalue weighted by Crippen LogP contribution is -2.49. The van der Waals surface area contributed by atoms with Crippen molar-refractivity contribution < 1.29 is 19.3 Å². The van der Waals surface area contributed by atoms with Crippen LogP contribution < -0.4 is 19.5 Å². The van der Waals surface area contributed by atoms with Crippen molar-refractivity contribution in [2.24, 2.45) is 0 Å². The van der Waals surface area contributed by atoms with Crippen molar-refractivity contribution in [2.75, 3.05) is 60.1 Å². The number of rotatable bonds is 12. The highest BCUT2D eigenvalue weighted by Crippen LogP contribution is 2.28. The second kappa shape index (κ2) is 12.6. The molecule has 1 aliphatic heterocycles. The maximum absolute atomic E-state index is 10.4. The summed E-state index contributed by atoms with van der Waals surface area (Å²) < 4.78 is 16.7. The first kappa shape index (κ1) is 24.3. The van der Waals surface area contributed by atoms with E-state index in [0.29, 0.717) is 24.6 Å². The van der Waals surface area contributed by atoms with E-state index in [9.17, 15) is 5.11 Å². The molecule has 1 unspecified atom stereocenters. The lowest BCUT2D eigenvalue weighted by molar-refractivity contribution is 0.0464. The minimum atomic E-state index is -0.530. The number of β-amino-alcohol motifs (C(OH)–C–C–N with tert-alkyl or cyclic N) is 1. The van der Waals surface area contributed by atoms with Gasteiger partial charge in [0.1, 0.15) is 18.5 Å². The number of methoxy groups -OCH3 is 2. The van der Waals surface area contributed by atoms with Gasteiger partial charge in [-0.25, -0.2) is 0 Å². The molecule has 1 atom stereocenters. The Morgan fingerprint density at radius 3 is 2.31 bits per heavy atom. The number of piperazine rings is 1. The summed E-state index contributed by atoms with van der Waals surface area (Å²) in [7, 11) is 3.31. The smallest absolute Gasteiger partial charge is 0.161 e. The van der Waals surface area contributed by atoms with Crippen molar-refractivity contribution in [3.05, 3.63) is 53.6 Å². The number of aliphatic hydroxyl groups is 1. The SMILES string of the molecule is CCN1CCN(CC(O)COc2ccc(CNCc3cccc(OC)c3)cc2OC)CC1. The van der Waals surface area contributed by atoms with E-state index in [2.05, 4.69) is 28.1 Å². The summed E-state index contributed by atoms with van der Waals surface area (Å²) in [5.74, 6) is 2.19. The molecule has 176 valence electrons. The molecule has 2 N–H and O–H groups in total. The van der Waals surface area contributed by atoms with E-state index in [4.69, 9.17) is 14.2 Å². The fourth-order valence-corrected chi connectivity index (χ4v) is 3.90. The number of benzene rings is 2. The van der Waals surface area contributed by atoms with Gasteiger partial charge in [0.05, 0.1) is 14.2 Å². The van der Waals surface area contributed by atoms with Gasteiger partial charge in [-0.1, -0.05) is 25.1 Å². The van der Waals surface area contributed by atoms with E-state index in [0.717, 1.165) is 50.6 Å². The van der Waals surface area contributed by atoms with Crippen molar-refractivity contribution >= 4 is 0 Å². The molecule has 7 nitrogen and oxygen atoms in total. The van der Waals surface area contributed by atoms with Gasteiger partial charge in [0, 0.05) is 45.8 Å². The molecule has 0 radical (unpaired) electrons. The number of nitrogens with one attached hydrogen (secondary N) is 1. The first-order valence-electron chi connectivity index (χ1n) is 11.4. The number of hydrogen-bond acceptors (Lipinski definition) is 7. The standard InChI is InChI=1S/C25H37N3O4/c1-4-27-10-12-28(13-11-27)18-22(29)19-32-24-9-8-21(15-25(24)31-3)17-26-16-20-6-5-7-23(14-20)30-2/h5-9,14-15,22,26,29H,4,10-13,16-19H2,1-3H3. The Kier molecular flexibility index (Phi) is 9.62. The van der Waals surface area contributed by atoms with Crippen LogP contribution in [-0.4, -0.2) is 81.1 Å². The van der Waals surface area contributed by atoms with Crippen LogP contribution in [0.5, 0.6) is 17.2 Å². The van der Waals surface area contributed by atoms with Crippen LogP contribution in [0.1, 0.15) is 18.1 Å². The minimum Gasteiger partial charge on any atom is -0.497 e. The van der Waals surface area contributed by atoms with Gasteiger partial charge < -0.3 is 29.5 Å². The summed E-state index contributed by atoms with van der Waals surface area (Å²) in [6, 6.07) is 13.9. The van der Waals surface area contributed by atoms with Gasteiger partial charge in [0.15, 0.2) is 11.5 Å². The molecule has 3 rings (SSSR count). The Morgan fingerprint density at radius 1 is 0.906 bits per heavy atom. The zero-order valence-electron chi connectivity index (χ0n) is 19.5. The van der Waals surface area contributed by atoms with E-state index in [1.807, 2.05) is 36.4 Å². The van der Waals surface area contributed by atoms with Crippen LogP contribution in [0, 0.1) is 0 Å². The van der Waals surface area contributed by atoms with Gasteiger partial charge >= 0.3 is 0 Å². The topological polar surface area (TPSA) is 66.4 Å². The maximum atomic E-state index is 10.4. The number of hydrogen-bond donors (Lipinski definition) is 2. The quantitative estimate of drug-likeness (QED) is 0.522.